The van der Waals surface area contributed by atoms with Gasteiger partial charge < -0.3 is 14.8 Å². The van der Waals surface area contributed by atoms with Gasteiger partial charge in [-0.15, -0.1) is 0 Å². The molecular formula is C11H17NO2S. The van der Waals surface area contributed by atoms with Crippen LogP contribution in [0, 0.1) is 0 Å². The van der Waals surface area contributed by atoms with Crippen LogP contribution in [-0.4, -0.2) is 26.5 Å². The highest BCUT2D eigenvalue weighted by Crippen LogP contribution is 2.28. The van der Waals surface area contributed by atoms with E-state index < -0.39 is 0 Å². The first-order valence-electron chi connectivity index (χ1n) is 4.88. The van der Waals surface area contributed by atoms with Crippen LogP contribution in [-0.2, 0) is 0 Å². The molecule has 1 aromatic rings. The number of thiol groups is 1. The van der Waals surface area contributed by atoms with Crippen LogP contribution in [0.5, 0.6) is 11.5 Å². The molecule has 0 aromatic heterocycles. The van der Waals surface area contributed by atoms with Gasteiger partial charge in [0.05, 0.1) is 19.9 Å². The molecule has 0 atom stereocenters. The second-order valence-electron chi connectivity index (χ2n) is 3.07. The first-order chi connectivity index (χ1) is 7.31. The molecule has 15 heavy (non-hydrogen) atoms. The smallest absolute Gasteiger partial charge is 0.142 e. The summed E-state index contributed by atoms with van der Waals surface area (Å²) in [5.41, 5.74) is 0.957. The van der Waals surface area contributed by atoms with Crippen molar-refractivity contribution in [2.45, 2.75) is 6.42 Å². The molecule has 0 aliphatic heterocycles. The fourth-order valence-corrected chi connectivity index (χ4v) is 1.41. The normalized spacial score (nSPS) is 9.80. The van der Waals surface area contributed by atoms with Crippen molar-refractivity contribution in [3.05, 3.63) is 18.2 Å². The van der Waals surface area contributed by atoms with Gasteiger partial charge >= 0.3 is 0 Å². The Labute approximate surface area is 96.2 Å². The van der Waals surface area contributed by atoms with Gasteiger partial charge in [-0.25, -0.2) is 0 Å². The van der Waals surface area contributed by atoms with E-state index in [4.69, 9.17) is 9.47 Å². The van der Waals surface area contributed by atoms with Crippen molar-refractivity contribution in [3.63, 3.8) is 0 Å². The van der Waals surface area contributed by atoms with Gasteiger partial charge in [0.15, 0.2) is 0 Å². The van der Waals surface area contributed by atoms with Crippen LogP contribution in [0.15, 0.2) is 18.2 Å². The molecule has 1 aromatic carbocycles. The lowest BCUT2D eigenvalue weighted by Gasteiger charge is -2.12. The zero-order valence-corrected chi connectivity index (χ0v) is 10.0. The van der Waals surface area contributed by atoms with Crippen LogP contribution < -0.4 is 14.8 Å². The lowest BCUT2D eigenvalue weighted by molar-refractivity contribution is 0.404. The number of ether oxygens (including phenoxy) is 2. The maximum absolute atomic E-state index is 5.24. The molecule has 0 radical (unpaired) electrons. The Hall–Kier alpha value is -1.03. The highest BCUT2D eigenvalue weighted by molar-refractivity contribution is 7.80. The predicted octanol–water partition coefficient (Wildman–Crippen LogP) is 2.44. The van der Waals surface area contributed by atoms with Crippen LogP contribution in [0.3, 0.4) is 0 Å². The summed E-state index contributed by atoms with van der Waals surface area (Å²) in [6, 6.07) is 5.70. The maximum atomic E-state index is 5.24. The largest absolute Gasteiger partial charge is 0.497 e. The third-order valence-corrected chi connectivity index (χ3v) is 2.37. The highest BCUT2D eigenvalue weighted by Gasteiger charge is 2.03. The Morgan fingerprint density at radius 1 is 1.27 bits per heavy atom. The second-order valence-corrected chi connectivity index (χ2v) is 3.52. The molecule has 0 amide bonds. The predicted molar refractivity (Wildman–Crippen MR) is 66.5 cm³/mol. The van der Waals surface area contributed by atoms with E-state index in [1.165, 1.54) is 0 Å². The van der Waals surface area contributed by atoms with Crippen molar-refractivity contribution < 1.29 is 9.47 Å². The van der Waals surface area contributed by atoms with Gasteiger partial charge in [0.1, 0.15) is 11.5 Å². The Kier molecular flexibility index (Phi) is 5.18. The molecule has 0 fully saturated rings. The SMILES string of the molecule is COc1ccc(OC)c(NCCCS)c1. The molecule has 0 saturated heterocycles. The van der Waals surface area contributed by atoms with E-state index in [0.717, 1.165) is 35.9 Å². The number of hydrogen-bond acceptors (Lipinski definition) is 4. The molecule has 1 rings (SSSR count). The summed E-state index contributed by atoms with van der Waals surface area (Å²) in [6.45, 7) is 0.882. The van der Waals surface area contributed by atoms with E-state index >= 15 is 0 Å². The van der Waals surface area contributed by atoms with E-state index in [9.17, 15) is 0 Å². The number of nitrogens with one attached hydrogen (secondary N) is 1. The lowest BCUT2D eigenvalue weighted by Crippen LogP contribution is -2.03. The molecule has 0 saturated carbocycles. The van der Waals surface area contributed by atoms with Crippen LogP contribution >= 0.6 is 12.6 Å². The lowest BCUT2D eigenvalue weighted by atomic mass is 10.2. The quantitative estimate of drug-likeness (QED) is 0.578. The molecule has 3 nitrogen and oxygen atoms in total. The molecule has 0 unspecified atom stereocenters. The third kappa shape index (κ3) is 3.55. The van der Waals surface area contributed by atoms with Gasteiger partial charge in [-0.05, 0) is 24.3 Å². The summed E-state index contributed by atoms with van der Waals surface area (Å²) in [7, 11) is 3.31. The van der Waals surface area contributed by atoms with E-state index in [-0.39, 0.29) is 0 Å². The van der Waals surface area contributed by atoms with Gasteiger partial charge in [-0.3, -0.25) is 0 Å². The Morgan fingerprint density at radius 3 is 2.67 bits per heavy atom. The van der Waals surface area contributed by atoms with Gasteiger partial charge in [-0.1, -0.05) is 0 Å². The summed E-state index contributed by atoms with van der Waals surface area (Å²) in [4.78, 5) is 0. The summed E-state index contributed by atoms with van der Waals surface area (Å²) >= 11 is 4.16. The number of benzene rings is 1. The van der Waals surface area contributed by atoms with Crippen molar-refractivity contribution in [1.29, 1.82) is 0 Å². The molecule has 0 aliphatic carbocycles. The Balaban J connectivity index is 2.72. The molecule has 0 spiro atoms. The van der Waals surface area contributed by atoms with Gasteiger partial charge in [0.2, 0.25) is 0 Å². The van der Waals surface area contributed by atoms with Crippen LogP contribution in [0.2, 0.25) is 0 Å². The highest BCUT2D eigenvalue weighted by atomic mass is 32.1. The van der Waals surface area contributed by atoms with Crippen molar-refractivity contribution in [3.8, 4) is 11.5 Å². The zero-order chi connectivity index (χ0) is 11.1. The van der Waals surface area contributed by atoms with Gasteiger partial charge in [0, 0.05) is 12.6 Å². The van der Waals surface area contributed by atoms with Gasteiger partial charge in [-0.2, -0.15) is 12.6 Å². The zero-order valence-electron chi connectivity index (χ0n) is 9.12. The average Bonchev–Trinajstić information content (AvgIpc) is 2.29. The van der Waals surface area contributed by atoms with E-state index in [1.807, 2.05) is 18.2 Å². The van der Waals surface area contributed by atoms with E-state index in [1.54, 1.807) is 14.2 Å². The molecule has 1 N–H and O–H groups in total. The fourth-order valence-electron chi connectivity index (χ4n) is 1.25. The first kappa shape index (κ1) is 12.0. The van der Waals surface area contributed by atoms with Gasteiger partial charge in [0.25, 0.3) is 0 Å². The minimum absolute atomic E-state index is 0.823. The van der Waals surface area contributed by atoms with Crippen LogP contribution in [0.1, 0.15) is 6.42 Å². The van der Waals surface area contributed by atoms with E-state index in [0.29, 0.717) is 0 Å². The summed E-state index contributed by atoms with van der Waals surface area (Å²) in [5.74, 6) is 2.53. The Bertz CT molecular complexity index is 305. The van der Waals surface area contributed by atoms with Crippen molar-refractivity contribution in [1.82, 2.24) is 0 Å². The minimum atomic E-state index is 0.823. The number of methoxy groups -OCH3 is 2. The molecule has 0 bridgehead atoms. The van der Waals surface area contributed by atoms with Crippen LogP contribution in [0.4, 0.5) is 5.69 Å². The molecule has 4 heteroatoms. The third-order valence-electron chi connectivity index (χ3n) is 2.06. The molecular weight excluding hydrogens is 210 g/mol. The molecule has 0 aliphatic rings. The average molecular weight is 227 g/mol. The topological polar surface area (TPSA) is 30.5 Å². The summed E-state index contributed by atoms with van der Waals surface area (Å²) in [6.07, 6.45) is 1.02. The first-order valence-corrected chi connectivity index (χ1v) is 5.52. The van der Waals surface area contributed by atoms with Crippen LogP contribution in [0.25, 0.3) is 0 Å². The monoisotopic (exact) mass is 227 g/mol. The second kappa shape index (κ2) is 6.45. The molecule has 84 valence electrons. The van der Waals surface area contributed by atoms with Crippen molar-refractivity contribution in [2.24, 2.45) is 0 Å². The van der Waals surface area contributed by atoms with Crippen molar-refractivity contribution >= 4 is 18.3 Å². The standard InChI is InChI=1S/C11H17NO2S/c1-13-9-4-5-11(14-2)10(8-9)12-6-3-7-15/h4-5,8,12,15H,3,6-7H2,1-2H3. The number of rotatable bonds is 6. The maximum Gasteiger partial charge on any atom is 0.142 e. The summed E-state index contributed by atoms with van der Waals surface area (Å²) < 4.78 is 10.4. The minimum Gasteiger partial charge on any atom is -0.497 e. The Morgan fingerprint density at radius 2 is 2.07 bits per heavy atom. The number of hydrogen-bond donors (Lipinski definition) is 2. The van der Waals surface area contributed by atoms with E-state index in [2.05, 4.69) is 17.9 Å². The number of anilines is 1. The molecule has 0 heterocycles. The van der Waals surface area contributed by atoms with Crippen molar-refractivity contribution in [2.75, 3.05) is 31.8 Å². The summed E-state index contributed by atoms with van der Waals surface area (Å²) in [5, 5.41) is 3.29. The fraction of sp³-hybridized carbons (Fsp3) is 0.455.